The SMILES string of the molecule is CC(C)C[C@@H](CNS(=O)(=O)Cc1ccc(F)cc1)NC(=O)OC(C)(C)C. The minimum atomic E-state index is -3.61. The first-order valence-corrected chi connectivity index (χ1v) is 10.2. The predicted octanol–water partition coefficient (Wildman–Crippen LogP) is 3.18. The van der Waals surface area contributed by atoms with Gasteiger partial charge in [0, 0.05) is 12.6 Å². The number of sulfonamides is 1. The molecule has 0 aromatic heterocycles. The number of ether oxygens (including phenoxy) is 1. The highest BCUT2D eigenvalue weighted by Gasteiger charge is 2.22. The van der Waals surface area contributed by atoms with Crippen LogP contribution in [0.4, 0.5) is 9.18 Å². The van der Waals surface area contributed by atoms with Crippen LogP contribution in [0.25, 0.3) is 0 Å². The molecule has 0 bridgehead atoms. The number of carbonyl (C=O) groups is 1. The summed E-state index contributed by atoms with van der Waals surface area (Å²) in [7, 11) is -3.61. The molecular formula is C18H29FN2O4S. The number of benzene rings is 1. The lowest BCUT2D eigenvalue weighted by Gasteiger charge is -2.25. The molecule has 0 radical (unpaired) electrons. The highest BCUT2D eigenvalue weighted by Crippen LogP contribution is 2.10. The first kappa shape index (κ1) is 22.4. The molecule has 148 valence electrons. The second-order valence-corrected chi connectivity index (χ2v) is 9.51. The number of amides is 1. The molecule has 26 heavy (non-hydrogen) atoms. The van der Waals surface area contributed by atoms with E-state index in [1.165, 1.54) is 24.3 Å². The fraction of sp³-hybridized carbons (Fsp3) is 0.611. The quantitative estimate of drug-likeness (QED) is 0.716. The summed E-state index contributed by atoms with van der Waals surface area (Å²) < 4.78 is 45.1. The van der Waals surface area contributed by atoms with E-state index in [1.54, 1.807) is 20.8 Å². The van der Waals surface area contributed by atoms with Gasteiger partial charge in [0.05, 0.1) is 5.75 Å². The van der Waals surface area contributed by atoms with Gasteiger partial charge in [-0.3, -0.25) is 0 Å². The van der Waals surface area contributed by atoms with Gasteiger partial charge in [0.25, 0.3) is 0 Å². The lowest BCUT2D eigenvalue weighted by molar-refractivity contribution is 0.0499. The molecule has 0 saturated carbocycles. The number of hydrogen-bond donors (Lipinski definition) is 2. The van der Waals surface area contributed by atoms with E-state index >= 15 is 0 Å². The van der Waals surface area contributed by atoms with Crippen LogP contribution in [0.5, 0.6) is 0 Å². The van der Waals surface area contributed by atoms with Crippen molar-refractivity contribution in [1.82, 2.24) is 10.0 Å². The third kappa shape index (κ3) is 9.72. The third-order valence-corrected chi connectivity index (χ3v) is 4.62. The van der Waals surface area contributed by atoms with Crippen molar-refractivity contribution in [3.05, 3.63) is 35.6 Å². The molecule has 0 aliphatic carbocycles. The molecule has 1 atom stereocenters. The fourth-order valence-corrected chi connectivity index (χ4v) is 3.50. The second-order valence-electron chi connectivity index (χ2n) is 7.71. The lowest BCUT2D eigenvalue weighted by atomic mass is 10.0. The maximum atomic E-state index is 12.9. The van der Waals surface area contributed by atoms with E-state index < -0.39 is 33.6 Å². The lowest BCUT2D eigenvalue weighted by Crippen LogP contribution is -2.46. The average Bonchev–Trinajstić information content (AvgIpc) is 2.44. The molecule has 1 aromatic carbocycles. The van der Waals surface area contributed by atoms with Crippen molar-refractivity contribution >= 4 is 16.1 Å². The van der Waals surface area contributed by atoms with E-state index in [2.05, 4.69) is 10.0 Å². The average molecular weight is 389 g/mol. The van der Waals surface area contributed by atoms with Gasteiger partial charge in [-0.2, -0.15) is 0 Å². The zero-order valence-electron chi connectivity index (χ0n) is 16.0. The zero-order valence-corrected chi connectivity index (χ0v) is 16.8. The normalized spacial score (nSPS) is 13.5. The van der Waals surface area contributed by atoms with Crippen molar-refractivity contribution in [3.8, 4) is 0 Å². The smallest absolute Gasteiger partial charge is 0.407 e. The zero-order chi connectivity index (χ0) is 20.0. The third-order valence-electron chi connectivity index (χ3n) is 3.30. The van der Waals surface area contributed by atoms with Crippen molar-refractivity contribution in [1.29, 1.82) is 0 Å². The van der Waals surface area contributed by atoms with Crippen LogP contribution < -0.4 is 10.0 Å². The van der Waals surface area contributed by atoms with Gasteiger partial charge in [-0.25, -0.2) is 22.3 Å². The summed E-state index contributed by atoms with van der Waals surface area (Å²) >= 11 is 0. The Morgan fingerprint density at radius 3 is 2.27 bits per heavy atom. The van der Waals surface area contributed by atoms with Crippen LogP contribution >= 0.6 is 0 Å². The van der Waals surface area contributed by atoms with E-state index in [0.29, 0.717) is 12.0 Å². The highest BCUT2D eigenvalue weighted by atomic mass is 32.2. The largest absolute Gasteiger partial charge is 0.444 e. The van der Waals surface area contributed by atoms with Crippen molar-refractivity contribution in [2.75, 3.05) is 6.54 Å². The summed E-state index contributed by atoms with van der Waals surface area (Å²) in [5.74, 6) is -0.414. The number of halogens is 1. The van der Waals surface area contributed by atoms with Crippen LogP contribution in [-0.4, -0.2) is 32.7 Å². The maximum Gasteiger partial charge on any atom is 0.407 e. The molecule has 0 aliphatic rings. The van der Waals surface area contributed by atoms with Crippen LogP contribution in [0.15, 0.2) is 24.3 Å². The van der Waals surface area contributed by atoms with Gasteiger partial charge >= 0.3 is 6.09 Å². The van der Waals surface area contributed by atoms with Gasteiger partial charge in [-0.05, 0) is 50.8 Å². The van der Waals surface area contributed by atoms with E-state index in [0.717, 1.165) is 0 Å². The minimum absolute atomic E-state index is 0.0565. The molecule has 6 nitrogen and oxygen atoms in total. The molecule has 0 heterocycles. The Bertz CT molecular complexity index is 682. The van der Waals surface area contributed by atoms with Crippen LogP contribution in [0.3, 0.4) is 0 Å². The summed E-state index contributed by atoms with van der Waals surface area (Å²) in [6.45, 7) is 9.30. The first-order chi connectivity index (χ1) is 11.9. The molecule has 0 unspecified atom stereocenters. The fourth-order valence-electron chi connectivity index (χ4n) is 2.32. The van der Waals surface area contributed by atoms with Crippen LogP contribution in [-0.2, 0) is 20.5 Å². The Hall–Kier alpha value is -1.67. The number of carbonyl (C=O) groups excluding carboxylic acids is 1. The number of hydrogen-bond acceptors (Lipinski definition) is 4. The van der Waals surface area contributed by atoms with Gasteiger partial charge in [-0.1, -0.05) is 26.0 Å². The Kier molecular flexibility index (Phi) is 8.02. The van der Waals surface area contributed by atoms with E-state index in [9.17, 15) is 17.6 Å². The molecule has 8 heteroatoms. The number of nitrogens with one attached hydrogen (secondary N) is 2. The van der Waals surface area contributed by atoms with Crippen molar-refractivity contribution < 1.29 is 22.3 Å². The molecular weight excluding hydrogens is 359 g/mol. The van der Waals surface area contributed by atoms with Gasteiger partial charge < -0.3 is 10.1 Å². The molecule has 1 rings (SSSR count). The molecule has 1 aromatic rings. The van der Waals surface area contributed by atoms with Gasteiger partial charge in [0.2, 0.25) is 10.0 Å². The highest BCUT2D eigenvalue weighted by molar-refractivity contribution is 7.88. The molecule has 0 aliphatic heterocycles. The van der Waals surface area contributed by atoms with Crippen LogP contribution in [0, 0.1) is 11.7 Å². The standard InChI is InChI=1S/C18H29FN2O4S/c1-13(2)10-16(21-17(22)25-18(3,4)5)11-20-26(23,24)12-14-6-8-15(19)9-7-14/h6-9,13,16,20H,10-12H2,1-5H3,(H,21,22)/t16-/m0/s1. The van der Waals surface area contributed by atoms with Gasteiger partial charge in [0.15, 0.2) is 0 Å². The first-order valence-electron chi connectivity index (χ1n) is 8.57. The summed E-state index contributed by atoms with van der Waals surface area (Å²) in [6, 6.07) is 4.90. The van der Waals surface area contributed by atoms with Gasteiger partial charge in [-0.15, -0.1) is 0 Å². The van der Waals surface area contributed by atoms with E-state index in [-0.39, 0.29) is 18.2 Å². The topological polar surface area (TPSA) is 84.5 Å². The minimum Gasteiger partial charge on any atom is -0.444 e. The van der Waals surface area contributed by atoms with E-state index in [4.69, 9.17) is 4.74 Å². The molecule has 2 N–H and O–H groups in total. The summed E-state index contributed by atoms with van der Waals surface area (Å²) in [4.78, 5) is 12.0. The number of alkyl carbamates (subject to hydrolysis) is 1. The van der Waals surface area contributed by atoms with Crippen LogP contribution in [0.2, 0.25) is 0 Å². The van der Waals surface area contributed by atoms with Gasteiger partial charge in [0.1, 0.15) is 11.4 Å². The molecule has 0 saturated heterocycles. The Morgan fingerprint density at radius 1 is 1.19 bits per heavy atom. The number of rotatable bonds is 8. The summed E-state index contributed by atoms with van der Waals surface area (Å²) in [5.41, 5.74) is -0.145. The summed E-state index contributed by atoms with van der Waals surface area (Å²) in [5, 5.41) is 2.71. The molecule has 0 spiro atoms. The van der Waals surface area contributed by atoms with Crippen molar-refractivity contribution in [3.63, 3.8) is 0 Å². The maximum absolute atomic E-state index is 12.9. The Labute approximate surface area is 155 Å². The van der Waals surface area contributed by atoms with Crippen LogP contribution in [0.1, 0.15) is 46.6 Å². The summed E-state index contributed by atoms with van der Waals surface area (Å²) in [6.07, 6.45) is 0.0130. The molecule has 1 amide bonds. The molecule has 0 fully saturated rings. The monoisotopic (exact) mass is 388 g/mol. The Morgan fingerprint density at radius 2 is 1.77 bits per heavy atom. The van der Waals surface area contributed by atoms with Crippen molar-refractivity contribution in [2.45, 2.75) is 58.4 Å². The van der Waals surface area contributed by atoms with E-state index in [1.807, 2.05) is 13.8 Å². The Balaban J connectivity index is 2.66. The van der Waals surface area contributed by atoms with Crippen molar-refractivity contribution in [2.24, 2.45) is 5.92 Å². The predicted molar refractivity (Wildman–Crippen MR) is 99.6 cm³/mol. The second kappa shape index (κ2) is 9.32.